The van der Waals surface area contributed by atoms with Crippen LogP contribution in [0.15, 0.2) is 42.5 Å². The fraction of sp³-hybridized carbons (Fsp3) is 0.263. The largest absolute Gasteiger partial charge is 0.399 e. The van der Waals surface area contributed by atoms with Gasteiger partial charge in [0.05, 0.1) is 0 Å². The Morgan fingerprint density at radius 1 is 1.23 bits per heavy atom. The predicted octanol–water partition coefficient (Wildman–Crippen LogP) is 3.40. The van der Waals surface area contributed by atoms with Crippen molar-refractivity contribution in [3.05, 3.63) is 64.7 Å². The van der Waals surface area contributed by atoms with Crippen molar-refractivity contribution in [1.29, 1.82) is 0 Å². The molecule has 3 heteroatoms. The first-order valence-corrected chi connectivity index (χ1v) is 7.81. The topological polar surface area (TPSA) is 64.1 Å². The highest BCUT2D eigenvalue weighted by molar-refractivity contribution is 5.75. The van der Waals surface area contributed by atoms with Gasteiger partial charge in [0, 0.05) is 17.3 Å². The summed E-state index contributed by atoms with van der Waals surface area (Å²) < 4.78 is 0. The van der Waals surface area contributed by atoms with Crippen molar-refractivity contribution in [2.24, 2.45) is 5.73 Å². The molecule has 0 spiro atoms. The highest BCUT2D eigenvalue weighted by Gasteiger charge is 2.40. The van der Waals surface area contributed by atoms with Gasteiger partial charge < -0.3 is 16.8 Å². The van der Waals surface area contributed by atoms with Gasteiger partial charge >= 0.3 is 0 Å². The van der Waals surface area contributed by atoms with Crippen molar-refractivity contribution in [2.75, 3.05) is 11.1 Å². The zero-order chi connectivity index (χ0) is 15.3. The number of anilines is 2. The lowest BCUT2D eigenvalue weighted by molar-refractivity contribution is 0.467. The zero-order valence-corrected chi connectivity index (χ0v) is 12.8. The molecule has 0 fully saturated rings. The molecule has 0 radical (unpaired) electrons. The molecule has 0 bridgehead atoms. The molecule has 22 heavy (non-hydrogen) atoms. The average Bonchev–Trinajstić information content (AvgIpc) is 2.94. The summed E-state index contributed by atoms with van der Waals surface area (Å²) in [5, 5.41) is 3.55. The van der Waals surface area contributed by atoms with Gasteiger partial charge in [-0.25, -0.2) is 0 Å². The number of aryl methyl sites for hydroxylation is 2. The number of fused-ring (bicyclic) bond motifs is 2. The summed E-state index contributed by atoms with van der Waals surface area (Å²) in [6, 6.07) is 12.5. The van der Waals surface area contributed by atoms with Crippen molar-refractivity contribution in [1.82, 2.24) is 0 Å². The zero-order valence-electron chi connectivity index (χ0n) is 12.8. The fourth-order valence-corrected chi connectivity index (χ4v) is 3.92. The maximum absolute atomic E-state index is 6.77. The Hall–Kier alpha value is -2.26. The van der Waals surface area contributed by atoms with E-state index in [4.69, 9.17) is 11.5 Å². The van der Waals surface area contributed by atoms with Crippen LogP contribution in [0.1, 0.15) is 34.6 Å². The minimum absolute atomic E-state index is 0.297. The van der Waals surface area contributed by atoms with Crippen molar-refractivity contribution in [2.45, 2.75) is 31.3 Å². The molecule has 4 rings (SSSR count). The van der Waals surface area contributed by atoms with Crippen LogP contribution < -0.4 is 16.8 Å². The first-order chi connectivity index (χ1) is 10.6. The quantitative estimate of drug-likeness (QED) is 0.706. The van der Waals surface area contributed by atoms with Crippen LogP contribution >= 0.6 is 0 Å². The number of nitrogens with one attached hydrogen (secondary N) is 1. The number of nitrogens with two attached hydrogens (primary N) is 2. The number of hydrogen-bond donors (Lipinski definition) is 3. The third-order valence-corrected chi connectivity index (χ3v) is 5.01. The first kappa shape index (κ1) is 13.4. The summed E-state index contributed by atoms with van der Waals surface area (Å²) in [5.74, 6) is 0.297. The molecule has 5 N–H and O–H groups in total. The molecule has 2 aromatic carbocycles. The molecule has 3 nitrogen and oxygen atoms in total. The van der Waals surface area contributed by atoms with Crippen molar-refractivity contribution < 1.29 is 0 Å². The van der Waals surface area contributed by atoms with Crippen LogP contribution in [0.4, 0.5) is 11.4 Å². The minimum Gasteiger partial charge on any atom is -0.399 e. The van der Waals surface area contributed by atoms with Gasteiger partial charge in [0.1, 0.15) is 5.66 Å². The van der Waals surface area contributed by atoms with E-state index >= 15 is 0 Å². The van der Waals surface area contributed by atoms with Crippen LogP contribution in [-0.2, 0) is 6.42 Å². The predicted molar refractivity (Wildman–Crippen MR) is 92.7 cm³/mol. The lowest BCUT2D eigenvalue weighted by atomic mass is 9.83. The van der Waals surface area contributed by atoms with Crippen LogP contribution in [0.5, 0.6) is 0 Å². The summed E-state index contributed by atoms with van der Waals surface area (Å²) in [7, 11) is 0. The van der Waals surface area contributed by atoms with Crippen LogP contribution in [0.25, 0.3) is 6.08 Å². The molecule has 2 aromatic rings. The highest BCUT2D eigenvalue weighted by Crippen LogP contribution is 2.44. The summed E-state index contributed by atoms with van der Waals surface area (Å²) in [6.45, 7) is 2.18. The third-order valence-electron chi connectivity index (χ3n) is 5.01. The molecule has 0 aromatic heterocycles. The lowest BCUT2D eigenvalue weighted by Crippen LogP contribution is -2.51. The maximum atomic E-state index is 6.77. The van der Waals surface area contributed by atoms with E-state index in [-0.39, 0.29) is 0 Å². The molecule has 2 atom stereocenters. The second kappa shape index (κ2) is 4.62. The molecule has 1 heterocycles. The first-order valence-electron chi connectivity index (χ1n) is 7.81. The Labute approximate surface area is 131 Å². The SMILES string of the molecule is Cc1cccc2c1C(C1(N)C=Cc3cc(N)ccc3N1)CC2. The van der Waals surface area contributed by atoms with E-state index in [1.54, 1.807) is 0 Å². The van der Waals surface area contributed by atoms with Gasteiger partial charge in [-0.2, -0.15) is 0 Å². The summed E-state index contributed by atoms with van der Waals surface area (Å²) in [4.78, 5) is 0. The molecule has 1 aliphatic carbocycles. The standard InChI is InChI=1S/C19H21N3/c1-12-3-2-4-13-5-7-16(18(12)13)19(21)10-9-14-11-15(20)6-8-17(14)22-19/h2-4,6,8-11,16,22H,5,7,20-21H2,1H3. The Balaban J connectivity index is 1.76. The van der Waals surface area contributed by atoms with Crippen LogP contribution in [0.2, 0.25) is 0 Å². The van der Waals surface area contributed by atoms with Crippen molar-refractivity contribution in [3.63, 3.8) is 0 Å². The normalized spacial score (nSPS) is 25.5. The molecule has 1 aliphatic heterocycles. The van der Waals surface area contributed by atoms with Crippen LogP contribution in [-0.4, -0.2) is 5.66 Å². The highest BCUT2D eigenvalue weighted by atomic mass is 15.1. The third kappa shape index (κ3) is 1.93. The second-order valence-corrected chi connectivity index (χ2v) is 6.48. The Morgan fingerprint density at radius 2 is 2.09 bits per heavy atom. The van der Waals surface area contributed by atoms with E-state index in [0.29, 0.717) is 5.92 Å². The monoisotopic (exact) mass is 291 g/mol. The van der Waals surface area contributed by atoms with Gasteiger partial charge in [-0.05, 0) is 66.3 Å². The van der Waals surface area contributed by atoms with Gasteiger partial charge in [0.15, 0.2) is 0 Å². The fourth-order valence-electron chi connectivity index (χ4n) is 3.92. The number of nitrogen functional groups attached to an aromatic ring is 1. The van der Waals surface area contributed by atoms with Gasteiger partial charge in [-0.1, -0.05) is 24.3 Å². The van der Waals surface area contributed by atoms with Gasteiger partial charge in [-0.15, -0.1) is 0 Å². The van der Waals surface area contributed by atoms with E-state index < -0.39 is 5.66 Å². The summed E-state index contributed by atoms with van der Waals surface area (Å²) >= 11 is 0. The minimum atomic E-state index is -0.541. The van der Waals surface area contributed by atoms with Crippen molar-refractivity contribution in [3.8, 4) is 0 Å². The van der Waals surface area contributed by atoms with E-state index in [1.165, 1.54) is 16.7 Å². The van der Waals surface area contributed by atoms with Crippen LogP contribution in [0.3, 0.4) is 0 Å². The number of hydrogen-bond acceptors (Lipinski definition) is 3. The summed E-state index contributed by atoms with van der Waals surface area (Å²) in [6.07, 6.45) is 6.38. The molecule has 2 unspecified atom stereocenters. The Bertz CT molecular complexity index is 778. The Morgan fingerprint density at radius 3 is 2.95 bits per heavy atom. The number of rotatable bonds is 1. The van der Waals surface area contributed by atoms with Gasteiger partial charge in [0.2, 0.25) is 0 Å². The smallest absolute Gasteiger partial charge is 0.112 e. The average molecular weight is 291 g/mol. The van der Waals surface area contributed by atoms with E-state index in [2.05, 4.69) is 42.6 Å². The summed E-state index contributed by atoms with van der Waals surface area (Å²) in [5.41, 5.74) is 19.2. The van der Waals surface area contributed by atoms with E-state index in [1.807, 2.05) is 18.2 Å². The second-order valence-electron chi connectivity index (χ2n) is 6.48. The van der Waals surface area contributed by atoms with E-state index in [9.17, 15) is 0 Å². The molecule has 2 aliphatic rings. The van der Waals surface area contributed by atoms with Gasteiger partial charge in [0.25, 0.3) is 0 Å². The van der Waals surface area contributed by atoms with Gasteiger partial charge in [-0.3, -0.25) is 0 Å². The molecular formula is C19H21N3. The molecular weight excluding hydrogens is 270 g/mol. The van der Waals surface area contributed by atoms with Crippen LogP contribution in [0, 0.1) is 6.92 Å². The Kier molecular flexibility index (Phi) is 2.81. The lowest BCUT2D eigenvalue weighted by Gasteiger charge is -2.38. The molecule has 0 saturated heterocycles. The maximum Gasteiger partial charge on any atom is 0.112 e. The number of benzene rings is 2. The van der Waals surface area contributed by atoms with E-state index in [0.717, 1.165) is 29.8 Å². The van der Waals surface area contributed by atoms with Crippen molar-refractivity contribution >= 4 is 17.5 Å². The molecule has 0 amide bonds. The molecule has 0 saturated carbocycles. The molecule has 112 valence electrons.